The normalized spacial score (nSPS) is 11.0. The molecule has 0 radical (unpaired) electrons. The highest BCUT2D eigenvalue weighted by atomic mass is 32.2. The minimum atomic E-state index is -3.63. The van der Waals surface area contributed by atoms with Crippen LogP contribution in [-0.2, 0) is 10.0 Å². The van der Waals surface area contributed by atoms with Crippen LogP contribution in [0.15, 0.2) is 77.8 Å². The summed E-state index contributed by atoms with van der Waals surface area (Å²) in [7, 11) is -3.63. The van der Waals surface area contributed by atoms with Gasteiger partial charge in [-0.25, -0.2) is 13.4 Å². The van der Waals surface area contributed by atoms with Gasteiger partial charge in [0.25, 0.3) is 10.0 Å². The number of aromatic nitrogens is 1. The predicted molar refractivity (Wildman–Crippen MR) is 95.9 cm³/mol. The maximum absolute atomic E-state index is 12.3. The van der Waals surface area contributed by atoms with Crippen LogP contribution < -0.4 is 10.0 Å². The number of hydrogen-bond donors (Lipinski definition) is 2. The zero-order valence-electron chi connectivity index (χ0n) is 13.1. The SMILES string of the molecule is Cc1ccc(S(=O)(=O)Nc2ccc(Nc3ccccc3)cn2)cc1. The zero-order valence-corrected chi connectivity index (χ0v) is 13.9. The lowest BCUT2D eigenvalue weighted by molar-refractivity contribution is 0.601. The Morgan fingerprint density at radius 1 is 0.833 bits per heavy atom. The summed E-state index contributed by atoms with van der Waals surface area (Å²) in [5, 5.41) is 3.19. The maximum atomic E-state index is 12.3. The van der Waals surface area contributed by atoms with E-state index in [0.717, 1.165) is 16.9 Å². The third-order valence-corrected chi connectivity index (χ3v) is 4.77. The number of aryl methyl sites for hydroxylation is 1. The van der Waals surface area contributed by atoms with E-state index in [1.165, 1.54) is 0 Å². The molecule has 1 heterocycles. The van der Waals surface area contributed by atoms with Crippen molar-refractivity contribution in [2.75, 3.05) is 10.0 Å². The van der Waals surface area contributed by atoms with Crippen LogP contribution in [0.25, 0.3) is 0 Å². The molecule has 6 heteroatoms. The van der Waals surface area contributed by atoms with Crippen LogP contribution in [0.1, 0.15) is 5.56 Å². The van der Waals surface area contributed by atoms with Gasteiger partial charge >= 0.3 is 0 Å². The molecule has 0 fully saturated rings. The van der Waals surface area contributed by atoms with Gasteiger partial charge in [-0.2, -0.15) is 0 Å². The summed E-state index contributed by atoms with van der Waals surface area (Å²) in [6.07, 6.45) is 1.58. The van der Waals surface area contributed by atoms with Crippen molar-refractivity contribution in [1.29, 1.82) is 0 Å². The molecular weight excluding hydrogens is 322 g/mol. The molecule has 2 aromatic carbocycles. The van der Waals surface area contributed by atoms with Crippen molar-refractivity contribution in [3.05, 3.63) is 78.5 Å². The van der Waals surface area contributed by atoms with Gasteiger partial charge in [0.2, 0.25) is 0 Å². The van der Waals surface area contributed by atoms with E-state index < -0.39 is 10.0 Å². The molecule has 0 aliphatic heterocycles. The first-order chi connectivity index (χ1) is 11.5. The van der Waals surface area contributed by atoms with E-state index in [2.05, 4.69) is 15.0 Å². The Labute approximate surface area is 141 Å². The fourth-order valence-corrected chi connectivity index (χ4v) is 3.14. The van der Waals surface area contributed by atoms with Gasteiger partial charge in [0.15, 0.2) is 0 Å². The smallest absolute Gasteiger partial charge is 0.263 e. The number of nitrogens with one attached hydrogen (secondary N) is 2. The van der Waals surface area contributed by atoms with Gasteiger partial charge in [-0.3, -0.25) is 4.72 Å². The van der Waals surface area contributed by atoms with Crippen molar-refractivity contribution >= 4 is 27.2 Å². The van der Waals surface area contributed by atoms with E-state index in [1.54, 1.807) is 42.6 Å². The number of rotatable bonds is 5. The van der Waals surface area contributed by atoms with E-state index in [1.807, 2.05) is 37.3 Å². The van der Waals surface area contributed by atoms with Crippen LogP contribution in [-0.4, -0.2) is 13.4 Å². The van der Waals surface area contributed by atoms with Crippen LogP contribution in [0.2, 0.25) is 0 Å². The lowest BCUT2D eigenvalue weighted by Crippen LogP contribution is -2.13. The summed E-state index contributed by atoms with van der Waals surface area (Å²) in [4.78, 5) is 4.36. The molecule has 0 saturated heterocycles. The van der Waals surface area contributed by atoms with Gasteiger partial charge in [0, 0.05) is 5.69 Å². The van der Waals surface area contributed by atoms with Gasteiger partial charge in [0.05, 0.1) is 16.8 Å². The first kappa shape index (κ1) is 16.0. The quantitative estimate of drug-likeness (QED) is 0.739. The Hall–Kier alpha value is -2.86. The second kappa shape index (κ2) is 6.72. The fraction of sp³-hybridized carbons (Fsp3) is 0.0556. The average molecular weight is 339 g/mol. The van der Waals surface area contributed by atoms with Gasteiger partial charge in [-0.05, 0) is 43.3 Å². The molecule has 5 nitrogen and oxygen atoms in total. The molecule has 0 atom stereocenters. The average Bonchev–Trinajstić information content (AvgIpc) is 2.58. The van der Waals surface area contributed by atoms with Crippen molar-refractivity contribution < 1.29 is 8.42 Å². The Balaban J connectivity index is 1.73. The summed E-state index contributed by atoms with van der Waals surface area (Å²) >= 11 is 0. The lowest BCUT2D eigenvalue weighted by Gasteiger charge is -2.09. The molecule has 2 N–H and O–H groups in total. The van der Waals surface area contributed by atoms with Crippen molar-refractivity contribution in [2.24, 2.45) is 0 Å². The van der Waals surface area contributed by atoms with Crippen LogP contribution in [0.4, 0.5) is 17.2 Å². The summed E-state index contributed by atoms with van der Waals surface area (Å²) < 4.78 is 27.1. The lowest BCUT2D eigenvalue weighted by atomic mass is 10.2. The highest BCUT2D eigenvalue weighted by Gasteiger charge is 2.14. The minimum absolute atomic E-state index is 0.210. The largest absolute Gasteiger partial charge is 0.354 e. The third-order valence-electron chi connectivity index (χ3n) is 3.40. The van der Waals surface area contributed by atoms with Crippen LogP contribution in [0.5, 0.6) is 0 Å². The van der Waals surface area contributed by atoms with Crippen LogP contribution in [0.3, 0.4) is 0 Å². The van der Waals surface area contributed by atoms with Crippen LogP contribution in [0, 0.1) is 6.92 Å². The minimum Gasteiger partial charge on any atom is -0.354 e. The van der Waals surface area contributed by atoms with E-state index in [4.69, 9.17) is 0 Å². The molecule has 0 unspecified atom stereocenters. The molecule has 3 aromatic rings. The molecule has 1 aromatic heterocycles. The van der Waals surface area contributed by atoms with Crippen LogP contribution >= 0.6 is 0 Å². The maximum Gasteiger partial charge on any atom is 0.263 e. The molecule has 3 rings (SSSR count). The van der Waals surface area contributed by atoms with Crippen molar-refractivity contribution in [2.45, 2.75) is 11.8 Å². The number of para-hydroxylation sites is 1. The fourth-order valence-electron chi connectivity index (χ4n) is 2.13. The molecule has 0 aliphatic carbocycles. The standard InChI is InChI=1S/C18H17N3O2S/c1-14-7-10-17(11-8-14)24(22,23)21-18-12-9-16(13-19-18)20-15-5-3-2-4-6-15/h2-13,20H,1H3,(H,19,21). The summed E-state index contributed by atoms with van der Waals surface area (Å²) in [5.41, 5.74) is 2.72. The molecule has 0 aliphatic rings. The molecule has 0 bridgehead atoms. The van der Waals surface area contributed by atoms with Gasteiger partial charge in [-0.15, -0.1) is 0 Å². The summed E-state index contributed by atoms with van der Waals surface area (Å²) in [6, 6.07) is 19.7. The molecule has 0 spiro atoms. The first-order valence-electron chi connectivity index (χ1n) is 7.40. The zero-order chi connectivity index (χ0) is 17.0. The van der Waals surface area contributed by atoms with Gasteiger partial charge in [-0.1, -0.05) is 35.9 Å². The van der Waals surface area contributed by atoms with Crippen molar-refractivity contribution in [1.82, 2.24) is 4.98 Å². The summed E-state index contributed by atoms with van der Waals surface area (Å²) in [5.74, 6) is 0.272. The first-order valence-corrected chi connectivity index (χ1v) is 8.89. The van der Waals surface area contributed by atoms with E-state index in [-0.39, 0.29) is 10.7 Å². The number of hydrogen-bond acceptors (Lipinski definition) is 4. The second-order valence-electron chi connectivity index (χ2n) is 5.34. The molecular formula is C18H17N3O2S. The number of nitrogens with zero attached hydrogens (tertiary/aromatic N) is 1. The third kappa shape index (κ3) is 3.91. The highest BCUT2D eigenvalue weighted by molar-refractivity contribution is 7.92. The van der Waals surface area contributed by atoms with Crippen molar-refractivity contribution in [3.63, 3.8) is 0 Å². The topological polar surface area (TPSA) is 71.1 Å². The highest BCUT2D eigenvalue weighted by Crippen LogP contribution is 2.19. The molecule has 0 amide bonds. The molecule has 0 saturated carbocycles. The number of sulfonamides is 1. The monoisotopic (exact) mass is 339 g/mol. The second-order valence-corrected chi connectivity index (χ2v) is 7.02. The molecule has 24 heavy (non-hydrogen) atoms. The molecule has 122 valence electrons. The van der Waals surface area contributed by atoms with Crippen molar-refractivity contribution in [3.8, 4) is 0 Å². The number of benzene rings is 2. The summed E-state index contributed by atoms with van der Waals surface area (Å²) in [6.45, 7) is 1.91. The number of pyridine rings is 1. The Morgan fingerprint density at radius 3 is 2.17 bits per heavy atom. The van der Waals surface area contributed by atoms with E-state index in [0.29, 0.717) is 0 Å². The predicted octanol–water partition coefficient (Wildman–Crippen LogP) is 3.93. The van der Waals surface area contributed by atoms with E-state index in [9.17, 15) is 8.42 Å². The number of anilines is 3. The van der Waals surface area contributed by atoms with Gasteiger partial charge in [0.1, 0.15) is 5.82 Å². The van der Waals surface area contributed by atoms with E-state index >= 15 is 0 Å². The Morgan fingerprint density at radius 2 is 1.54 bits per heavy atom. The Kier molecular flexibility index (Phi) is 4.48. The van der Waals surface area contributed by atoms with Gasteiger partial charge < -0.3 is 5.32 Å². The Bertz CT molecular complexity index is 907.